The number of hydrogen-bond donors (Lipinski definition) is 1. The first-order chi connectivity index (χ1) is 4.25. The predicted molar refractivity (Wildman–Crippen MR) is 37.8 cm³/mol. The summed E-state index contributed by atoms with van der Waals surface area (Å²) in [6.45, 7) is 0. The summed E-state index contributed by atoms with van der Waals surface area (Å²) in [4.78, 5) is 11.7. The van der Waals surface area contributed by atoms with Crippen LogP contribution in [0.4, 0.5) is 0 Å². The Kier molecular flexibility index (Phi) is 1.66. The molecule has 0 aliphatic carbocycles. The molecule has 0 fully saturated rings. The Balaban J connectivity index is 3.20. The van der Waals surface area contributed by atoms with Crippen molar-refractivity contribution in [1.29, 1.82) is 0 Å². The van der Waals surface area contributed by atoms with E-state index in [-0.39, 0.29) is 5.56 Å². The van der Waals surface area contributed by atoms with Crippen LogP contribution in [0.3, 0.4) is 0 Å². The maximum Gasteiger partial charge on any atom is 0.279 e. The van der Waals surface area contributed by atoms with Gasteiger partial charge in [0.15, 0.2) is 0 Å². The fourth-order valence-electron chi connectivity index (χ4n) is 0.587. The molecule has 0 saturated carbocycles. The minimum absolute atomic E-state index is 0.0440. The van der Waals surface area contributed by atoms with Crippen LogP contribution in [0.5, 0.6) is 0 Å². The van der Waals surface area contributed by atoms with E-state index in [2.05, 4.69) is 5.10 Å². The quantitative estimate of drug-likeness (QED) is 0.580. The number of aromatic nitrogens is 2. The van der Waals surface area contributed by atoms with Crippen molar-refractivity contribution in [3.05, 3.63) is 16.6 Å². The Morgan fingerprint density at radius 3 is 2.67 bits per heavy atom. The fraction of sp³-hybridized carbons (Fsp3) is 0.400. The second-order valence-electron chi connectivity index (χ2n) is 1.71. The van der Waals surface area contributed by atoms with Crippen molar-refractivity contribution in [1.82, 2.24) is 9.78 Å². The Morgan fingerprint density at radius 2 is 2.44 bits per heavy atom. The molecule has 0 radical (unpaired) electrons. The molecular formula is C5H8N2OS. The maximum absolute atomic E-state index is 10.9. The molecule has 0 aromatic carbocycles. The SMILES string of the molecule is CSc1c[nH]n(C)c1=O. The largest absolute Gasteiger partial charge is 0.302 e. The van der Waals surface area contributed by atoms with Gasteiger partial charge in [-0.05, 0) is 6.26 Å². The minimum Gasteiger partial charge on any atom is -0.302 e. The Hall–Kier alpha value is -0.640. The first kappa shape index (κ1) is 6.48. The van der Waals surface area contributed by atoms with Crippen LogP contribution in [0, 0.1) is 0 Å². The standard InChI is InChI=1S/C5H8N2OS/c1-7-5(8)4(9-2)3-6-7/h3,6H,1-2H3. The van der Waals surface area contributed by atoms with Crippen molar-refractivity contribution in [2.24, 2.45) is 7.05 Å². The van der Waals surface area contributed by atoms with Gasteiger partial charge in [0, 0.05) is 13.2 Å². The van der Waals surface area contributed by atoms with E-state index in [0.29, 0.717) is 0 Å². The summed E-state index contributed by atoms with van der Waals surface area (Å²) < 4.78 is 1.45. The van der Waals surface area contributed by atoms with E-state index in [0.717, 1.165) is 4.90 Å². The molecule has 0 atom stereocenters. The smallest absolute Gasteiger partial charge is 0.279 e. The lowest BCUT2D eigenvalue weighted by atomic mass is 10.7. The molecule has 0 unspecified atom stereocenters. The van der Waals surface area contributed by atoms with Crippen molar-refractivity contribution in [2.75, 3.05) is 6.26 Å². The van der Waals surface area contributed by atoms with E-state index in [9.17, 15) is 4.79 Å². The van der Waals surface area contributed by atoms with Gasteiger partial charge in [0.2, 0.25) is 0 Å². The third-order valence-electron chi connectivity index (χ3n) is 1.12. The summed E-state index contributed by atoms with van der Waals surface area (Å²) in [5.41, 5.74) is 0.0440. The second kappa shape index (κ2) is 2.31. The molecule has 1 aromatic heterocycles. The highest BCUT2D eigenvalue weighted by molar-refractivity contribution is 7.98. The molecule has 4 heteroatoms. The second-order valence-corrected chi connectivity index (χ2v) is 2.55. The van der Waals surface area contributed by atoms with Gasteiger partial charge in [-0.15, -0.1) is 11.8 Å². The average Bonchev–Trinajstić information content (AvgIpc) is 2.15. The van der Waals surface area contributed by atoms with Gasteiger partial charge in [-0.25, -0.2) is 0 Å². The molecule has 0 bridgehead atoms. The summed E-state index contributed by atoms with van der Waals surface area (Å²) in [6.07, 6.45) is 3.58. The van der Waals surface area contributed by atoms with Crippen LogP contribution in [-0.2, 0) is 7.05 Å². The normalized spacial score (nSPS) is 10.0. The topological polar surface area (TPSA) is 37.8 Å². The molecule has 0 aliphatic heterocycles. The Morgan fingerprint density at radius 1 is 1.78 bits per heavy atom. The van der Waals surface area contributed by atoms with E-state index in [4.69, 9.17) is 0 Å². The lowest BCUT2D eigenvalue weighted by molar-refractivity contribution is 0.737. The molecule has 9 heavy (non-hydrogen) atoms. The number of aryl methyl sites for hydroxylation is 1. The number of H-pyrrole nitrogens is 1. The number of thioether (sulfide) groups is 1. The van der Waals surface area contributed by atoms with E-state index in [1.807, 2.05) is 6.26 Å². The van der Waals surface area contributed by atoms with Crippen molar-refractivity contribution in [3.8, 4) is 0 Å². The zero-order valence-corrected chi connectivity index (χ0v) is 6.16. The number of nitrogens with one attached hydrogen (secondary N) is 1. The monoisotopic (exact) mass is 144 g/mol. The van der Waals surface area contributed by atoms with Crippen LogP contribution in [0.1, 0.15) is 0 Å². The molecular weight excluding hydrogens is 136 g/mol. The van der Waals surface area contributed by atoms with E-state index in [1.54, 1.807) is 13.2 Å². The van der Waals surface area contributed by atoms with Gasteiger partial charge in [0.1, 0.15) is 0 Å². The molecule has 1 rings (SSSR count). The third-order valence-corrected chi connectivity index (χ3v) is 1.86. The lowest BCUT2D eigenvalue weighted by Crippen LogP contribution is -2.12. The summed E-state index contributed by atoms with van der Waals surface area (Å²) in [5.74, 6) is 0. The summed E-state index contributed by atoms with van der Waals surface area (Å²) >= 11 is 1.45. The van der Waals surface area contributed by atoms with Crippen LogP contribution < -0.4 is 5.56 Å². The molecule has 0 amide bonds. The molecule has 50 valence electrons. The number of rotatable bonds is 1. The molecule has 1 aromatic rings. The van der Waals surface area contributed by atoms with E-state index in [1.165, 1.54) is 16.4 Å². The first-order valence-electron chi connectivity index (χ1n) is 2.54. The van der Waals surface area contributed by atoms with Crippen molar-refractivity contribution in [2.45, 2.75) is 4.90 Å². The Bertz CT molecular complexity index is 250. The molecule has 0 spiro atoms. The zero-order chi connectivity index (χ0) is 6.85. The number of nitrogens with zero attached hydrogens (tertiary/aromatic N) is 1. The van der Waals surface area contributed by atoms with Crippen LogP contribution in [0.15, 0.2) is 15.9 Å². The Labute approximate surface area is 57.1 Å². The average molecular weight is 144 g/mol. The fourth-order valence-corrected chi connectivity index (χ4v) is 1.07. The highest BCUT2D eigenvalue weighted by Crippen LogP contribution is 2.04. The maximum atomic E-state index is 10.9. The van der Waals surface area contributed by atoms with Crippen molar-refractivity contribution >= 4 is 11.8 Å². The third kappa shape index (κ3) is 1.03. The summed E-state index contributed by atoms with van der Waals surface area (Å²) in [6, 6.07) is 0. The van der Waals surface area contributed by atoms with Gasteiger partial charge in [-0.3, -0.25) is 9.48 Å². The summed E-state index contributed by atoms with van der Waals surface area (Å²) in [5, 5.41) is 2.77. The molecule has 1 N–H and O–H groups in total. The summed E-state index contributed by atoms with van der Waals surface area (Å²) in [7, 11) is 1.70. The van der Waals surface area contributed by atoms with Crippen LogP contribution in [0.2, 0.25) is 0 Å². The predicted octanol–water partition coefficient (Wildman–Crippen LogP) is 0.435. The molecule has 0 aliphatic rings. The number of hydrogen-bond acceptors (Lipinski definition) is 2. The molecule has 0 saturated heterocycles. The minimum atomic E-state index is 0.0440. The molecule has 1 heterocycles. The highest BCUT2D eigenvalue weighted by atomic mass is 32.2. The van der Waals surface area contributed by atoms with Gasteiger partial charge in [0.05, 0.1) is 4.90 Å². The number of aromatic amines is 1. The van der Waals surface area contributed by atoms with Crippen LogP contribution in [-0.4, -0.2) is 16.0 Å². The van der Waals surface area contributed by atoms with Gasteiger partial charge in [0.25, 0.3) is 5.56 Å². The zero-order valence-electron chi connectivity index (χ0n) is 5.34. The van der Waals surface area contributed by atoms with Gasteiger partial charge in [-0.2, -0.15) is 0 Å². The van der Waals surface area contributed by atoms with Gasteiger partial charge < -0.3 is 5.10 Å². The van der Waals surface area contributed by atoms with E-state index < -0.39 is 0 Å². The molecule has 3 nitrogen and oxygen atoms in total. The van der Waals surface area contributed by atoms with E-state index >= 15 is 0 Å². The lowest BCUT2D eigenvalue weighted by Gasteiger charge is -1.82. The van der Waals surface area contributed by atoms with Crippen LogP contribution >= 0.6 is 11.8 Å². The first-order valence-corrected chi connectivity index (χ1v) is 3.76. The highest BCUT2D eigenvalue weighted by Gasteiger charge is 1.98. The van der Waals surface area contributed by atoms with Crippen molar-refractivity contribution < 1.29 is 0 Å². The van der Waals surface area contributed by atoms with Crippen LogP contribution in [0.25, 0.3) is 0 Å². The van der Waals surface area contributed by atoms with Crippen molar-refractivity contribution in [3.63, 3.8) is 0 Å². The van der Waals surface area contributed by atoms with Gasteiger partial charge >= 0.3 is 0 Å². The van der Waals surface area contributed by atoms with Gasteiger partial charge in [-0.1, -0.05) is 0 Å².